The molecule has 192 valence electrons. The normalized spacial score (nSPS) is 18.5. The Morgan fingerprint density at radius 1 is 1.19 bits per heavy atom. The van der Waals surface area contributed by atoms with Crippen molar-refractivity contribution in [1.29, 1.82) is 0 Å². The predicted octanol–water partition coefficient (Wildman–Crippen LogP) is 3.64. The maximum atomic E-state index is 13.6. The van der Waals surface area contributed by atoms with Gasteiger partial charge in [0.15, 0.2) is 0 Å². The Bertz CT molecular complexity index is 1250. The summed E-state index contributed by atoms with van der Waals surface area (Å²) in [7, 11) is 1.72. The Labute approximate surface area is 217 Å². The van der Waals surface area contributed by atoms with Crippen molar-refractivity contribution in [2.75, 3.05) is 26.7 Å². The molecule has 1 aliphatic heterocycles. The molecule has 8 nitrogen and oxygen atoms in total. The summed E-state index contributed by atoms with van der Waals surface area (Å²) in [5.74, 6) is -0.298. The van der Waals surface area contributed by atoms with Gasteiger partial charge in [0, 0.05) is 43.7 Å². The van der Waals surface area contributed by atoms with Gasteiger partial charge in [-0.3, -0.25) is 14.6 Å². The Morgan fingerprint density at radius 2 is 1.89 bits per heavy atom. The Hall–Kier alpha value is -4.04. The highest BCUT2D eigenvalue weighted by Crippen LogP contribution is 2.28. The Kier molecular flexibility index (Phi) is 8.30. The maximum absolute atomic E-state index is 13.6. The molecule has 8 heteroatoms. The molecule has 4 rings (SSSR count). The molecule has 0 aliphatic carbocycles. The van der Waals surface area contributed by atoms with E-state index in [9.17, 15) is 14.7 Å². The third kappa shape index (κ3) is 6.21. The topological polar surface area (TPSA) is 95.9 Å². The summed E-state index contributed by atoms with van der Waals surface area (Å²) in [5.41, 5.74) is 2.65. The SMILES string of the molecule is C[C@H](CO)N1C[C@H](C)[C@H](CN(C)C(=O)c2ccncc2)Oc2ncc(/C=C/c3ccccc3)cc2C1=O. The molecule has 0 fully saturated rings. The summed E-state index contributed by atoms with van der Waals surface area (Å²) in [5, 5.41) is 9.87. The predicted molar refractivity (Wildman–Crippen MR) is 142 cm³/mol. The fourth-order valence-electron chi connectivity index (χ4n) is 4.25. The third-order valence-electron chi connectivity index (χ3n) is 6.54. The van der Waals surface area contributed by atoms with Gasteiger partial charge in [0.2, 0.25) is 5.88 Å². The molecule has 0 saturated heterocycles. The molecule has 2 aromatic heterocycles. The van der Waals surface area contributed by atoms with Crippen LogP contribution in [0.15, 0.2) is 67.1 Å². The van der Waals surface area contributed by atoms with Crippen molar-refractivity contribution in [1.82, 2.24) is 19.8 Å². The van der Waals surface area contributed by atoms with Crippen LogP contribution in [-0.4, -0.2) is 75.6 Å². The van der Waals surface area contributed by atoms with Crippen LogP contribution < -0.4 is 4.74 Å². The zero-order valence-corrected chi connectivity index (χ0v) is 21.3. The molecule has 2 amide bonds. The number of likely N-dealkylation sites (N-methyl/N-ethyl adjacent to an activating group) is 1. The average molecular weight is 501 g/mol. The van der Waals surface area contributed by atoms with E-state index in [4.69, 9.17) is 4.74 Å². The number of benzene rings is 1. The second kappa shape index (κ2) is 11.8. The number of amides is 2. The minimum absolute atomic E-state index is 0.127. The van der Waals surface area contributed by atoms with Crippen molar-refractivity contribution in [3.05, 3.63) is 89.4 Å². The van der Waals surface area contributed by atoms with Gasteiger partial charge in [-0.25, -0.2) is 4.98 Å². The first kappa shape index (κ1) is 26.0. The zero-order chi connectivity index (χ0) is 26.4. The van der Waals surface area contributed by atoms with E-state index in [1.807, 2.05) is 56.3 Å². The van der Waals surface area contributed by atoms with Gasteiger partial charge in [0.05, 0.1) is 19.2 Å². The number of aromatic nitrogens is 2. The highest BCUT2D eigenvalue weighted by atomic mass is 16.5. The van der Waals surface area contributed by atoms with Gasteiger partial charge in [-0.2, -0.15) is 0 Å². The largest absolute Gasteiger partial charge is 0.472 e. The number of hydrogen-bond donors (Lipinski definition) is 1. The second-order valence-electron chi connectivity index (χ2n) is 9.41. The molecule has 3 atom stereocenters. The average Bonchev–Trinajstić information content (AvgIpc) is 2.94. The minimum atomic E-state index is -0.422. The monoisotopic (exact) mass is 500 g/mol. The van der Waals surface area contributed by atoms with E-state index in [0.717, 1.165) is 11.1 Å². The number of hydrogen-bond acceptors (Lipinski definition) is 6. The molecule has 0 spiro atoms. The standard InChI is InChI=1S/C29H32N4O4/c1-20-17-33(21(2)19-34)29(36)25-15-23(10-9-22-7-5-4-6-8-22)16-31-27(25)37-26(20)18-32(3)28(35)24-11-13-30-14-12-24/h4-16,20-21,26,34H,17-19H2,1-3H3/b10-9+/t20-,21+,26-/m0/s1. The lowest BCUT2D eigenvalue weighted by molar-refractivity contribution is 0.0313. The van der Waals surface area contributed by atoms with E-state index in [1.54, 1.807) is 53.6 Å². The van der Waals surface area contributed by atoms with Crippen LogP contribution in [0.25, 0.3) is 12.2 Å². The number of pyridine rings is 2. The molecule has 1 aliphatic rings. The van der Waals surface area contributed by atoms with Gasteiger partial charge in [0.25, 0.3) is 11.8 Å². The number of aliphatic hydroxyl groups excluding tert-OH is 1. The van der Waals surface area contributed by atoms with Crippen LogP contribution in [0.2, 0.25) is 0 Å². The highest BCUT2D eigenvalue weighted by Gasteiger charge is 2.34. The lowest BCUT2D eigenvalue weighted by atomic mass is 9.99. The van der Waals surface area contributed by atoms with Gasteiger partial charge in [0.1, 0.15) is 11.7 Å². The first-order valence-electron chi connectivity index (χ1n) is 12.3. The van der Waals surface area contributed by atoms with Gasteiger partial charge in [-0.05, 0) is 36.2 Å². The van der Waals surface area contributed by atoms with Crippen molar-refractivity contribution in [2.45, 2.75) is 26.0 Å². The molecule has 37 heavy (non-hydrogen) atoms. The summed E-state index contributed by atoms with van der Waals surface area (Å²) in [6.45, 7) is 4.29. The van der Waals surface area contributed by atoms with E-state index < -0.39 is 6.10 Å². The van der Waals surface area contributed by atoms with Crippen LogP contribution in [0.1, 0.15) is 45.7 Å². The number of rotatable bonds is 7. The first-order chi connectivity index (χ1) is 17.9. The summed E-state index contributed by atoms with van der Waals surface area (Å²) in [6, 6.07) is 14.6. The van der Waals surface area contributed by atoms with E-state index >= 15 is 0 Å². The summed E-state index contributed by atoms with van der Waals surface area (Å²) in [4.78, 5) is 38.3. The lowest BCUT2D eigenvalue weighted by Crippen LogP contribution is -2.50. The number of fused-ring (bicyclic) bond motifs is 1. The third-order valence-corrected chi connectivity index (χ3v) is 6.54. The van der Waals surface area contributed by atoms with E-state index in [0.29, 0.717) is 24.2 Å². The number of nitrogens with zero attached hydrogens (tertiary/aromatic N) is 4. The number of aliphatic hydroxyl groups is 1. The van der Waals surface area contributed by atoms with Crippen LogP contribution in [0.5, 0.6) is 5.88 Å². The van der Waals surface area contributed by atoms with E-state index in [1.165, 1.54) is 0 Å². The van der Waals surface area contributed by atoms with Crippen molar-refractivity contribution in [3.8, 4) is 5.88 Å². The molecule has 0 bridgehead atoms. The molecule has 3 aromatic rings. The molecule has 1 N–H and O–H groups in total. The van der Waals surface area contributed by atoms with Crippen molar-refractivity contribution < 1.29 is 19.4 Å². The fraction of sp³-hybridized carbons (Fsp3) is 0.310. The maximum Gasteiger partial charge on any atom is 0.259 e. The van der Waals surface area contributed by atoms with Crippen LogP contribution in [0.4, 0.5) is 0 Å². The minimum Gasteiger partial charge on any atom is -0.472 e. The first-order valence-corrected chi connectivity index (χ1v) is 12.3. The van der Waals surface area contributed by atoms with Crippen molar-refractivity contribution in [3.63, 3.8) is 0 Å². The van der Waals surface area contributed by atoms with E-state index in [-0.39, 0.29) is 36.3 Å². The molecule has 0 saturated carbocycles. The number of carbonyl (C=O) groups excluding carboxylic acids is 2. The smallest absolute Gasteiger partial charge is 0.259 e. The van der Waals surface area contributed by atoms with Crippen molar-refractivity contribution >= 4 is 24.0 Å². The number of carbonyl (C=O) groups is 2. The summed E-state index contributed by atoms with van der Waals surface area (Å²) in [6.07, 6.45) is 8.26. The molecule has 0 unspecified atom stereocenters. The van der Waals surface area contributed by atoms with Crippen LogP contribution in [0.3, 0.4) is 0 Å². The molecular weight excluding hydrogens is 468 g/mol. The van der Waals surface area contributed by atoms with Crippen LogP contribution >= 0.6 is 0 Å². The van der Waals surface area contributed by atoms with Gasteiger partial charge < -0.3 is 19.6 Å². The fourth-order valence-corrected chi connectivity index (χ4v) is 4.25. The molecule has 0 radical (unpaired) electrons. The number of ether oxygens (including phenoxy) is 1. The molecular formula is C29H32N4O4. The summed E-state index contributed by atoms with van der Waals surface area (Å²) >= 11 is 0. The Balaban J connectivity index is 1.64. The van der Waals surface area contributed by atoms with Crippen LogP contribution in [-0.2, 0) is 0 Å². The van der Waals surface area contributed by atoms with E-state index in [2.05, 4.69) is 9.97 Å². The van der Waals surface area contributed by atoms with Crippen molar-refractivity contribution in [2.24, 2.45) is 5.92 Å². The van der Waals surface area contributed by atoms with Gasteiger partial charge in [-0.1, -0.05) is 49.4 Å². The summed E-state index contributed by atoms with van der Waals surface area (Å²) < 4.78 is 6.30. The molecule has 1 aromatic carbocycles. The second-order valence-corrected chi connectivity index (χ2v) is 9.41. The zero-order valence-electron chi connectivity index (χ0n) is 21.3. The van der Waals surface area contributed by atoms with Gasteiger partial charge >= 0.3 is 0 Å². The highest BCUT2D eigenvalue weighted by molar-refractivity contribution is 5.97. The molecule has 3 heterocycles. The van der Waals surface area contributed by atoms with Crippen LogP contribution in [0, 0.1) is 5.92 Å². The lowest BCUT2D eigenvalue weighted by Gasteiger charge is -2.37. The quantitative estimate of drug-likeness (QED) is 0.532. The Morgan fingerprint density at radius 3 is 2.59 bits per heavy atom. The van der Waals surface area contributed by atoms with Gasteiger partial charge in [-0.15, -0.1) is 0 Å².